The molecule has 0 aliphatic heterocycles. The van der Waals surface area contributed by atoms with Gasteiger partial charge >= 0.3 is 5.97 Å². The maximum Gasteiger partial charge on any atom is 0.305 e. The molecule has 0 aromatic carbocycles. The minimum absolute atomic E-state index is 0.0587. The van der Waals surface area contributed by atoms with Crippen molar-refractivity contribution < 1.29 is 14.7 Å². The van der Waals surface area contributed by atoms with E-state index in [2.05, 4.69) is 4.98 Å². The van der Waals surface area contributed by atoms with Crippen LogP contribution in [0.4, 0.5) is 0 Å². The van der Waals surface area contributed by atoms with Gasteiger partial charge in [-0.15, -0.1) is 0 Å². The summed E-state index contributed by atoms with van der Waals surface area (Å²) < 4.78 is 1.81. The minimum atomic E-state index is -0.907. The van der Waals surface area contributed by atoms with Crippen LogP contribution >= 0.6 is 0 Å². The molecule has 0 saturated heterocycles. The molecule has 6 heteroatoms. The summed E-state index contributed by atoms with van der Waals surface area (Å²) in [5.74, 6) is -1.07. The fourth-order valence-corrected chi connectivity index (χ4v) is 2.46. The fraction of sp³-hybridized carbons (Fsp3) is 0.438. The Balaban J connectivity index is 2.44. The number of hydrogen-bond donors (Lipinski definition) is 1. The number of carbonyl (C=O) groups excluding carboxylic acids is 1. The van der Waals surface area contributed by atoms with E-state index in [0.717, 1.165) is 16.9 Å². The van der Waals surface area contributed by atoms with Crippen molar-refractivity contribution in [1.82, 2.24) is 14.3 Å². The number of carbonyl (C=O) groups is 2. The average molecular weight is 303 g/mol. The molecule has 22 heavy (non-hydrogen) atoms. The molecule has 0 unspecified atom stereocenters. The molecule has 2 aromatic heterocycles. The van der Waals surface area contributed by atoms with E-state index in [1.807, 2.05) is 39.1 Å². The van der Waals surface area contributed by atoms with E-state index in [9.17, 15) is 9.59 Å². The Hall–Kier alpha value is -2.37. The second kappa shape index (κ2) is 6.60. The number of aliphatic carboxylic acids is 1. The Kier molecular flexibility index (Phi) is 4.80. The van der Waals surface area contributed by atoms with Crippen LogP contribution in [0.15, 0.2) is 18.3 Å². The first-order chi connectivity index (χ1) is 10.5. The first-order valence-electron chi connectivity index (χ1n) is 7.46. The molecule has 0 spiro atoms. The number of aromatic nitrogens is 2. The molecule has 2 aromatic rings. The lowest BCUT2D eigenvalue weighted by molar-refractivity contribution is -0.137. The van der Waals surface area contributed by atoms with Crippen LogP contribution in [0.2, 0.25) is 0 Å². The second-order valence-electron chi connectivity index (χ2n) is 5.22. The van der Waals surface area contributed by atoms with Gasteiger partial charge in [0.1, 0.15) is 11.3 Å². The van der Waals surface area contributed by atoms with Gasteiger partial charge in [-0.05, 0) is 31.9 Å². The lowest BCUT2D eigenvalue weighted by Gasteiger charge is -2.20. The summed E-state index contributed by atoms with van der Waals surface area (Å²) in [6.45, 7) is 6.43. The molecular weight excluding hydrogens is 282 g/mol. The van der Waals surface area contributed by atoms with Crippen molar-refractivity contribution in [3.63, 3.8) is 0 Å². The summed E-state index contributed by atoms with van der Waals surface area (Å²) in [4.78, 5) is 29.6. The molecule has 0 fully saturated rings. The molecule has 1 amide bonds. The van der Waals surface area contributed by atoms with Crippen LogP contribution in [0.3, 0.4) is 0 Å². The molecule has 0 atom stereocenters. The van der Waals surface area contributed by atoms with Crippen molar-refractivity contribution in [2.24, 2.45) is 0 Å². The van der Waals surface area contributed by atoms with Crippen molar-refractivity contribution in [3.05, 3.63) is 35.3 Å². The van der Waals surface area contributed by atoms with E-state index in [1.54, 1.807) is 9.30 Å². The third kappa shape index (κ3) is 3.10. The molecule has 0 aliphatic carbocycles. The quantitative estimate of drug-likeness (QED) is 0.887. The molecule has 0 saturated carbocycles. The molecule has 2 rings (SSSR count). The largest absolute Gasteiger partial charge is 0.481 e. The summed E-state index contributed by atoms with van der Waals surface area (Å²) in [6, 6.07) is 3.84. The zero-order chi connectivity index (χ0) is 16.3. The summed E-state index contributed by atoms with van der Waals surface area (Å²) >= 11 is 0. The summed E-state index contributed by atoms with van der Waals surface area (Å²) in [5, 5.41) is 8.82. The van der Waals surface area contributed by atoms with Crippen molar-refractivity contribution in [2.45, 2.75) is 33.6 Å². The minimum Gasteiger partial charge on any atom is -0.481 e. The average Bonchev–Trinajstić information content (AvgIpc) is 2.84. The maximum absolute atomic E-state index is 12.8. The Morgan fingerprint density at radius 1 is 1.32 bits per heavy atom. The van der Waals surface area contributed by atoms with Gasteiger partial charge in [-0.2, -0.15) is 0 Å². The zero-order valence-corrected chi connectivity index (χ0v) is 13.2. The highest BCUT2D eigenvalue weighted by atomic mass is 16.4. The number of amides is 1. The lowest BCUT2D eigenvalue weighted by atomic mass is 10.2. The highest BCUT2D eigenvalue weighted by molar-refractivity contribution is 5.95. The number of imidazole rings is 1. The van der Waals surface area contributed by atoms with Crippen LogP contribution in [-0.4, -0.2) is 44.4 Å². The molecular formula is C16H21N3O3. The first-order valence-corrected chi connectivity index (χ1v) is 7.46. The predicted octanol–water partition coefficient (Wildman–Crippen LogP) is 2.14. The Labute approximate surface area is 129 Å². The smallest absolute Gasteiger partial charge is 0.305 e. The highest BCUT2D eigenvalue weighted by Gasteiger charge is 2.23. The molecule has 2 heterocycles. The van der Waals surface area contributed by atoms with Crippen LogP contribution in [0, 0.1) is 6.92 Å². The monoisotopic (exact) mass is 303 g/mol. The number of pyridine rings is 1. The van der Waals surface area contributed by atoms with Crippen LogP contribution in [0.1, 0.15) is 42.0 Å². The van der Waals surface area contributed by atoms with Crippen molar-refractivity contribution in [3.8, 4) is 0 Å². The third-order valence-electron chi connectivity index (χ3n) is 3.64. The highest BCUT2D eigenvalue weighted by Crippen LogP contribution is 2.17. The van der Waals surface area contributed by atoms with Gasteiger partial charge in [0.2, 0.25) is 0 Å². The number of nitrogens with zero attached hydrogens (tertiary/aromatic N) is 3. The number of carboxylic acid groups (broad SMARTS) is 1. The number of aryl methyl sites for hydroxylation is 2. The fourth-order valence-electron chi connectivity index (χ4n) is 2.46. The van der Waals surface area contributed by atoms with Gasteiger partial charge in [-0.25, -0.2) is 4.98 Å². The topological polar surface area (TPSA) is 74.9 Å². The van der Waals surface area contributed by atoms with Gasteiger partial charge < -0.3 is 10.0 Å². The SMILES string of the molecule is CCc1nc2ccc(C)cn2c1C(=O)N(CC)CCC(=O)O. The maximum atomic E-state index is 12.8. The van der Waals surface area contributed by atoms with Crippen molar-refractivity contribution in [1.29, 1.82) is 0 Å². The van der Waals surface area contributed by atoms with Gasteiger partial charge in [-0.1, -0.05) is 13.0 Å². The molecule has 6 nitrogen and oxygen atoms in total. The normalized spacial score (nSPS) is 10.9. The van der Waals surface area contributed by atoms with Crippen molar-refractivity contribution in [2.75, 3.05) is 13.1 Å². The number of carboxylic acids is 1. The summed E-state index contributed by atoms with van der Waals surface area (Å²) in [7, 11) is 0. The van der Waals surface area contributed by atoms with Crippen LogP contribution in [0.5, 0.6) is 0 Å². The van der Waals surface area contributed by atoms with Gasteiger partial charge in [0.25, 0.3) is 5.91 Å². The molecule has 0 radical (unpaired) electrons. The summed E-state index contributed by atoms with van der Waals surface area (Å²) in [6.07, 6.45) is 2.48. The first kappa shape index (κ1) is 16.0. The van der Waals surface area contributed by atoms with E-state index in [-0.39, 0.29) is 18.9 Å². The van der Waals surface area contributed by atoms with Gasteiger partial charge in [-0.3, -0.25) is 14.0 Å². The van der Waals surface area contributed by atoms with Crippen LogP contribution < -0.4 is 0 Å². The van der Waals surface area contributed by atoms with E-state index in [1.165, 1.54) is 0 Å². The second-order valence-corrected chi connectivity index (χ2v) is 5.22. The van der Waals surface area contributed by atoms with Crippen molar-refractivity contribution >= 4 is 17.5 Å². The van der Waals surface area contributed by atoms with Crippen LogP contribution in [0.25, 0.3) is 5.65 Å². The summed E-state index contributed by atoms with van der Waals surface area (Å²) in [5.41, 5.74) is 3.05. The standard InChI is InChI=1S/C16H21N3O3/c1-4-12-15(16(22)18(5-2)9-8-14(20)21)19-10-11(3)6-7-13(19)17-12/h6-7,10H,4-5,8-9H2,1-3H3,(H,20,21). The van der Waals surface area contributed by atoms with Gasteiger partial charge in [0, 0.05) is 19.3 Å². The van der Waals surface area contributed by atoms with Gasteiger partial charge in [0.15, 0.2) is 0 Å². The van der Waals surface area contributed by atoms with Gasteiger partial charge in [0.05, 0.1) is 12.1 Å². The van der Waals surface area contributed by atoms with Crippen LogP contribution in [-0.2, 0) is 11.2 Å². The third-order valence-corrected chi connectivity index (χ3v) is 3.64. The Bertz CT molecular complexity index is 706. The zero-order valence-electron chi connectivity index (χ0n) is 13.2. The number of fused-ring (bicyclic) bond motifs is 1. The number of rotatable bonds is 6. The van der Waals surface area contributed by atoms with E-state index in [4.69, 9.17) is 5.11 Å². The molecule has 118 valence electrons. The number of hydrogen-bond acceptors (Lipinski definition) is 3. The Morgan fingerprint density at radius 3 is 2.64 bits per heavy atom. The Morgan fingerprint density at radius 2 is 2.05 bits per heavy atom. The molecule has 1 N–H and O–H groups in total. The molecule has 0 aliphatic rings. The predicted molar refractivity (Wildman–Crippen MR) is 83.1 cm³/mol. The van der Waals surface area contributed by atoms with E-state index in [0.29, 0.717) is 18.7 Å². The van der Waals surface area contributed by atoms with E-state index < -0.39 is 5.97 Å². The lowest BCUT2D eigenvalue weighted by Crippen LogP contribution is -2.34. The molecule has 0 bridgehead atoms. The van der Waals surface area contributed by atoms with E-state index >= 15 is 0 Å².